The maximum Gasteiger partial charge on any atom is 0.163 e. The predicted molar refractivity (Wildman–Crippen MR) is 208 cm³/mol. The molecule has 0 saturated carbocycles. The molecule has 0 unspecified atom stereocenters. The summed E-state index contributed by atoms with van der Waals surface area (Å²) in [6.45, 7) is 0. The smallest absolute Gasteiger partial charge is 0.163 e. The Labute approximate surface area is 286 Å². The van der Waals surface area contributed by atoms with E-state index < -0.39 is 0 Å². The Morgan fingerprint density at radius 1 is 0.320 bits per heavy atom. The topological polar surface area (TPSA) is 51.6 Å². The van der Waals surface area contributed by atoms with Crippen LogP contribution in [0.2, 0.25) is 0 Å². The lowest BCUT2D eigenvalue weighted by molar-refractivity contribution is 1.15. The monoisotopic (exact) mass is 634 g/mol. The van der Waals surface area contributed by atoms with Gasteiger partial charge in [0.1, 0.15) is 0 Å². The summed E-state index contributed by atoms with van der Waals surface area (Å²) in [5.74, 6) is 1.27. The number of nitrogens with zero attached hydrogens (tertiary/aromatic N) is 4. The summed E-state index contributed by atoms with van der Waals surface area (Å²) >= 11 is 0. The first-order valence-electron chi connectivity index (χ1n) is 16.9. The first-order chi connectivity index (χ1) is 24.8. The largest absolute Gasteiger partial charge is 0.236 e. The molecule has 0 N–H and O–H groups in total. The van der Waals surface area contributed by atoms with Gasteiger partial charge in [0, 0.05) is 28.9 Å². The highest BCUT2D eigenvalue weighted by Gasteiger charge is 2.17. The van der Waals surface area contributed by atoms with E-state index in [0.29, 0.717) is 11.6 Å². The molecule has 11 aromatic rings. The van der Waals surface area contributed by atoms with Gasteiger partial charge in [-0.1, -0.05) is 127 Å². The van der Waals surface area contributed by atoms with E-state index in [1.165, 1.54) is 64.6 Å². The van der Waals surface area contributed by atoms with Crippen LogP contribution in [-0.2, 0) is 0 Å². The van der Waals surface area contributed by atoms with Gasteiger partial charge in [0.05, 0.1) is 16.8 Å². The van der Waals surface area contributed by atoms with Gasteiger partial charge >= 0.3 is 0 Å². The van der Waals surface area contributed by atoms with Gasteiger partial charge in [-0.25, -0.2) is 19.9 Å². The van der Waals surface area contributed by atoms with Crippen LogP contribution in [0.4, 0.5) is 0 Å². The van der Waals surface area contributed by atoms with Gasteiger partial charge in [-0.2, -0.15) is 0 Å². The fraction of sp³-hybridized carbons (Fsp3) is 0. The molecule has 0 radical (unpaired) electrons. The molecule has 0 aliphatic carbocycles. The van der Waals surface area contributed by atoms with Crippen LogP contribution in [0, 0.1) is 0 Å². The molecule has 0 aliphatic rings. The van der Waals surface area contributed by atoms with E-state index in [2.05, 4.69) is 109 Å². The minimum atomic E-state index is 0.605. The first-order valence-corrected chi connectivity index (χ1v) is 16.9. The lowest BCUT2D eigenvalue weighted by Crippen LogP contribution is -1.97. The third kappa shape index (κ3) is 3.93. The molecule has 0 fully saturated rings. The van der Waals surface area contributed by atoms with Gasteiger partial charge in [-0.05, 0) is 82.8 Å². The fourth-order valence-corrected chi connectivity index (χ4v) is 8.03. The first kappa shape index (κ1) is 27.2. The molecule has 11 rings (SSSR count). The molecule has 0 spiro atoms. The van der Waals surface area contributed by atoms with Gasteiger partial charge in [0.2, 0.25) is 0 Å². The fourth-order valence-electron chi connectivity index (χ4n) is 8.03. The van der Waals surface area contributed by atoms with Crippen LogP contribution < -0.4 is 0 Å². The maximum atomic E-state index is 5.03. The van der Waals surface area contributed by atoms with Crippen molar-refractivity contribution in [1.29, 1.82) is 0 Å². The quantitative estimate of drug-likeness (QED) is 0.181. The van der Waals surface area contributed by atoms with Crippen LogP contribution in [0.25, 0.3) is 110 Å². The van der Waals surface area contributed by atoms with E-state index in [4.69, 9.17) is 19.9 Å². The number of hydrogen-bond acceptors (Lipinski definition) is 4. The Hall–Kier alpha value is -6.78. The lowest BCUT2D eigenvalue weighted by Gasteiger charge is -2.16. The molecule has 0 aliphatic heterocycles. The number of aromatic nitrogens is 4. The van der Waals surface area contributed by atoms with Crippen LogP contribution in [0.15, 0.2) is 158 Å². The van der Waals surface area contributed by atoms with Crippen molar-refractivity contribution in [1.82, 2.24) is 19.9 Å². The summed E-state index contributed by atoms with van der Waals surface area (Å²) in [7, 11) is 0. The van der Waals surface area contributed by atoms with Gasteiger partial charge in [0.25, 0.3) is 0 Å². The second-order valence-corrected chi connectivity index (χ2v) is 13.0. The zero-order chi connectivity index (χ0) is 32.8. The zero-order valence-electron chi connectivity index (χ0n) is 26.8. The van der Waals surface area contributed by atoms with Crippen molar-refractivity contribution in [3.63, 3.8) is 0 Å². The highest BCUT2D eigenvalue weighted by atomic mass is 14.9. The molecule has 4 nitrogen and oxygen atoms in total. The predicted octanol–water partition coefficient (Wildman–Crippen LogP) is 11.8. The van der Waals surface area contributed by atoms with E-state index in [1.807, 2.05) is 48.8 Å². The van der Waals surface area contributed by atoms with Crippen molar-refractivity contribution in [3.05, 3.63) is 158 Å². The molecule has 50 heavy (non-hydrogen) atoms. The van der Waals surface area contributed by atoms with E-state index >= 15 is 0 Å². The second-order valence-electron chi connectivity index (χ2n) is 13.0. The number of hydrogen-bond donors (Lipinski definition) is 0. The summed E-state index contributed by atoms with van der Waals surface area (Å²) in [6, 6.07) is 52.0. The molecule has 0 atom stereocenters. The minimum Gasteiger partial charge on any atom is -0.236 e. The van der Waals surface area contributed by atoms with Crippen molar-refractivity contribution in [2.75, 3.05) is 0 Å². The van der Waals surface area contributed by atoms with Crippen LogP contribution in [0.3, 0.4) is 0 Å². The number of benzene rings is 8. The van der Waals surface area contributed by atoms with E-state index in [1.54, 1.807) is 0 Å². The number of rotatable bonds is 3. The van der Waals surface area contributed by atoms with Crippen molar-refractivity contribution in [3.8, 4) is 34.0 Å². The Morgan fingerprint density at radius 2 is 0.860 bits per heavy atom. The van der Waals surface area contributed by atoms with Gasteiger partial charge in [-0.15, -0.1) is 0 Å². The molecule has 230 valence electrons. The third-order valence-corrected chi connectivity index (χ3v) is 10.2. The molecule has 0 saturated heterocycles. The van der Waals surface area contributed by atoms with Crippen molar-refractivity contribution >= 4 is 75.5 Å². The van der Waals surface area contributed by atoms with Crippen LogP contribution in [-0.4, -0.2) is 19.9 Å². The molecular weight excluding hydrogens is 609 g/mol. The average Bonchev–Trinajstić information content (AvgIpc) is 3.19. The number of para-hydroxylation sites is 1. The summed E-state index contributed by atoms with van der Waals surface area (Å²) in [6.07, 6.45) is 3.70. The molecule has 2 aromatic heterocycles. The lowest BCUT2D eigenvalue weighted by atomic mass is 9.87. The standard InChI is InChI=1S/C46H26N4/c1-2-9-30(10-3-1)44-37-14-4-5-18-39(37)49-46(50-44)33-25-47-45(48-26-33)32-23-31-22-21-29-12-7-16-35-34-15-6-11-27-19-20-28-13-8-17-36(42(28)40(27)34)38(24-32)43(31)41(29)35/h1-26H. The van der Waals surface area contributed by atoms with Crippen LogP contribution in [0.5, 0.6) is 0 Å². The normalized spacial score (nSPS) is 12.0. The van der Waals surface area contributed by atoms with Crippen molar-refractivity contribution < 1.29 is 0 Å². The Kier molecular flexibility index (Phi) is 5.63. The van der Waals surface area contributed by atoms with Gasteiger partial charge < -0.3 is 0 Å². The molecular formula is C46H26N4. The van der Waals surface area contributed by atoms with E-state index in [9.17, 15) is 0 Å². The van der Waals surface area contributed by atoms with Crippen LogP contribution >= 0.6 is 0 Å². The molecule has 2 heterocycles. The zero-order valence-corrected chi connectivity index (χ0v) is 26.8. The highest BCUT2D eigenvalue weighted by molar-refractivity contribution is 6.37. The molecule has 0 bridgehead atoms. The Morgan fingerprint density at radius 3 is 1.52 bits per heavy atom. The van der Waals surface area contributed by atoms with Crippen LogP contribution in [0.1, 0.15) is 0 Å². The molecule has 9 aromatic carbocycles. The minimum absolute atomic E-state index is 0.605. The van der Waals surface area contributed by atoms with Gasteiger partial charge in [0.15, 0.2) is 11.6 Å². The van der Waals surface area contributed by atoms with E-state index in [0.717, 1.165) is 33.3 Å². The SMILES string of the molecule is c1ccc(-c2nc(-c3cnc(-c4cc5ccc6cccc7c8cccc9ccc%10cccc(c(c4)c5c67)c%10c98)nc3)nc3ccccc23)cc1. The molecule has 4 heteroatoms. The van der Waals surface area contributed by atoms with Crippen molar-refractivity contribution in [2.45, 2.75) is 0 Å². The summed E-state index contributed by atoms with van der Waals surface area (Å²) in [5, 5.41) is 16.0. The summed E-state index contributed by atoms with van der Waals surface area (Å²) in [5.41, 5.74) is 4.58. The Bertz CT molecular complexity index is 3130. The summed E-state index contributed by atoms with van der Waals surface area (Å²) < 4.78 is 0. The second kappa shape index (κ2) is 10.4. The Balaban J connectivity index is 1.16. The summed E-state index contributed by atoms with van der Waals surface area (Å²) in [4.78, 5) is 19.8. The molecule has 0 amide bonds. The number of fused-ring (bicyclic) bond motifs is 3. The maximum absolute atomic E-state index is 5.03. The highest BCUT2D eigenvalue weighted by Crippen LogP contribution is 2.44. The van der Waals surface area contributed by atoms with Gasteiger partial charge in [-0.3, -0.25) is 0 Å². The average molecular weight is 635 g/mol. The van der Waals surface area contributed by atoms with Crippen molar-refractivity contribution in [2.24, 2.45) is 0 Å². The third-order valence-electron chi connectivity index (χ3n) is 10.2. The van der Waals surface area contributed by atoms with E-state index in [-0.39, 0.29) is 0 Å².